The van der Waals surface area contributed by atoms with E-state index in [2.05, 4.69) is 11.1 Å². The predicted molar refractivity (Wildman–Crippen MR) is 94.1 cm³/mol. The summed E-state index contributed by atoms with van der Waals surface area (Å²) < 4.78 is 1.94. The van der Waals surface area contributed by atoms with Crippen LogP contribution in [-0.4, -0.2) is 28.6 Å². The third kappa shape index (κ3) is 3.74. The zero-order valence-electron chi connectivity index (χ0n) is 13.7. The van der Waals surface area contributed by atoms with Crippen LogP contribution in [0, 0.1) is 18.3 Å². The molecular weight excluding hydrogens is 320 g/mol. The van der Waals surface area contributed by atoms with Crippen LogP contribution in [0.1, 0.15) is 29.7 Å². The molecule has 2 heterocycles. The van der Waals surface area contributed by atoms with Crippen molar-refractivity contribution in [2.75, 3.05) is 13.1 Å². The van der Waals surface area contributed by atoms with Crippen molar-refractivity contribution in [3.8, 4) is 11.8 Å². The first kappa shape index (κ1) is 16.5. The van der Waals surface area contributed by atoms with E-state index >= 15 is 0 Å². The van der Waals surface area contributed by atoms with Gasteiger partial charge in [0.05, 0.1) is 12.5 Å². The summed E-state index contributed by atoms with van der Waals surface area (Å²) in [6.45, 7) is 3.61. The van der Waals surface area contributed by atoms with Gasteiger partial charge in [-0.25, -0.2) is 4.79 Å². The SMILES string of the molecule is Cc1cn(-c2ccc(CC#N)cc2)c(=NC(=O)N2CCCCC2)s1. The third-order valence-corrected chi connectivity index (χ3v) is 4.98. The highest BCUT2D eigenvalue weighted by Gasteiger charge is 2.16. The summed E-state index contributed by atoms with van der Waals surface area (Å²) in [5, 5.41) is 8.77. The van der Waals surface area contributed by atoms with E-state index in [-0.39, 0.29) is 6.03 Å². The summed E-state index contributed by atoms with van der Waals surface area (Å²) in [5.74, 6) is 0. The fourth-order valence-corrected chi connectivity index (χ4v) is 3.65. The largest absolute Gasteiger partial charge is 0.346 e. The number of hydrogen-bond donors (Lipinski definition) is 0. The Balaban J connectivity index is 1.91. The lowest BCUT2D eigenvalue weighted by atomic mass is 10.1. The molecule has 0 spiro atoms. The zero-order chi connectivity index (χ0) is 16.9. The fraction of sp³-hybridized carbons (Fsp3) is 0.389. The van der Waals surface area contributed by atoms with E-state index in [0.29, 0.717) is 11.2 Å². The molecule has 2 amide bonds. The topological polar surface area (TPSA) is 61.4 Å². The second-order valence-corrected chi connectivity index (χ2v) is 7.15. The van der Waals surface area contributed by atoms with Crippen molar-refractivity contribution in [3.63, 3.8) is 0 Å². The molecule has 5 nitrogen and oxygen atoms in total. The van der Waals surface area contributed by atoms with E-state index in [0.717, 1.165) is 42.1 Å². The third-order valence-electron chi connectivity index (χ3n) is 4.08. The van der Waals surface area contributed by atoms with Crippen LogP contribution in [0.15, 0.2) is 35.5 Å². The van der Waals surface area contributed by atoms with Gasteiger partial charge in [-0.15, -0.1) is 11.3 Å². The monoisotopic (exact) mass is 340 g/mol. The molecule has 124 valence electrons. The molecule has 1 aliphatic heterocycles. The lowest BCUT2D eigenvalue weighted by Gasteiger charge is -2.24. The molecule has 24 heavy (non-hydrogen) atoms. The summed E-state index contributed by atoms with van der Waals surface area (Å²) in [6.07, 6.45) is 5.71. The second kappa shape index (κ2) is 7.45. The van der Waals surface area contributed by atoms with Crippen molar-refractivity contribution >= 4 is 17.4 Å². The van der Waals surface area contributed by atoms with E-state index < -0.39 is 0 Å². The van der Waals surface area contributed by atoms with Crippen molar-refractivity contribution in [2.24, 2.45) is 4.99 Å². The number of aryl methyl sites for hydroxylation is 1. The first-order valence-corrected chi connectivity index (χ1v) is 8.98. The molecule has 0 unspecified atom stereocenters. The van der Waals surface area contributed by atoms with E-state index in [9.17, 15) is 4.79 Å². The molecule has 0 saturated carbocycles. The van der Waals surface area contributed by atoms with E-state index in [1.165, 1.54) is 17.8 Å². The van der Waals surface area contributed by atoms with E-state index in [4.69, 9.17) is 5.26 Å². The Kier molecular flexibility index (Phi) is 5.11. The summed E-state index contributed by atoms with van der Waals surface area (Å²) >= 11 is 1.51. The average Bonchev–Trinajstić information content (AvgIpc) is 2.97. The number of benzene rings is 1. The Bertz CT molecular complexity index is 820. The van der Waals surface area contributed by atoms with Gasteiger partial charge < -0.3 is 4.90 Å². The lowest BCUT2D eigenvalue weighted by molar-refractivity contribution is 0.195. The van der Waals surface area contributed by atoms with Crippen LogP contribution in [0.4, 0.5) is 4.79 Å². The molecular formula is C18H20N4OS. The summed E-state index contributed by atoms with van der Waals surface area (Å²) in [4.78, 5) is 20.4. The molecule has 0 atom stereocenters. The molecule has 0 bridgehead atoms. The van der Waals surface area contributed by atoms with Crippen molar-refractivity contribution < 1.29 is 4.79 Å². The quantitative estimate of drug-likeness (QED) is 0.841. The summed E-state index contributed by atoms with van der Waals surface area (Å²) in [7, 11) is 0. The molecule has 1 fully saturated rings. The van der Waals surface area contributed by atoms with Crippen molar-refractivity contribution in [1.29, 1.82) is 5.26 Å². The lowest BCUT2D eigenvalue weighted by Crippen LogP contribution is -2.34. The van der Waals surface area contributed by atoms with Gasteiger partial charge in [-0.3, -0.25) is 4.57 Å². The van der Waals surface area contributed by atoms with Gasteiger partial charge in [0.2, 0.25) is 0 Å². The minimum Gasteiger partial charge on any atom is -0.323 e. The van der Waals surface area contributed by atoms with Crippen molar-refractivity contribution in [1.82, 2.24) is 9.47 Å². The number of carbonyl (C=O) groups is 1. The van der Waals surface area contributed by atoms with Crippen molar-refractivity contribution in [3.05, 3.63) is 45.7 Å². The van der Waals surface area contributed by atoms with Crippen molar-refractivity contribution in [2.45, 2.75) is 32.6 Å². The fourth-order valence-electron chi connectivity index (χ4n) is 2.82. The number of carbonyl (C=O) groups excluding carboxylic acids is 1. The Morgan fingerprint density at radius 1 is 1.25 bits per heavy atom. The molecule has 1 saturated heterocycles. The van der Waals surface area contributed by atoms with Crippen LogP contribution < -0.4 is 4.80 Å². The number of nitrogens with zero attached hydrogens (tertiary/aromatic N) is 4. The standard InChI is InChI=1S/C18H20N4OS/c1-14-13-22(16-7-5-15(6-8-16)9-10-19)18(24-14)20-17(23)21-11-3-2-4-12-21/h5-8,13H,2-4,9,11-12H2,1H3. The van der Waals surface area contributed by atoms with Crippen LogP contribution in [0.2, 0.25) is 0 Å². The maximum Gasteiger partial charge on any atom is 0.346 e. The normalized spacial score (nSPS) is 15.3. The van der Waals surface area contributed by atoms with Gasteiger partial charge in [-0.05, 0) is 43.9 Å². The number of likely N-dealkylation sites (tertiary alicyclic amines) is 1. The number of amides is 2. The smallest absolute Gasteiger partial charge is 0.323 e. The Labute approximate surface area is 145 Å². The molecule has 2 aromatic rings. The minimum atomic E-state index is -0.147. The Hall–Kier alpha value is -2.39. The number of rotatable bonds is 2. The summed E-state index contributed by atoms with van der Waals surface area (Å²) in [5.41, 5.74) is 1.93. The van der Waals surface area contributed by atoms with Crippen LogP contribution in [0.25, 0.3) is 5.69 Å². The Morgan fingerprint density at radius 2 is 1.96 bits per heavy atom. The van der Waals surface area contributed by atoms with Gasteiger partial charge in [0, 0.05) is 29.9 Å². The molecule has 6 heteroatoms. The minimum absolute atomic E-state index is 0.147. The predicted octanol–water partition coefficient (Wildman–Crippen LogP) is 3.42. The number of urea groups is 1. The van der Waals surface area contributed by atoms with Gasteiger partial charge in [0.15, 0.2) is 4.80 Å². The highest BCUT2D eigenvalue weighted by atomic mass is 32.1. The molecule has 1 aromatic carbocycles. The average molecular weight is 340 g/mol. The highest BCUT2D eigenvalue weighted by molar-refractivity contribution is 7.09. The highest BCUT2D eigenvalue weighted by Crippen LogP contribution is 2.13. The number of aromatic nitrogens is 1. The molecule has 1 aliphatic rings. The summed E-state index contributed by atoms with van der Waals surface area (Å²) in [6, 6.07) is 9.80. The molecule has 1 aromatic heterocycles. The molecule has 0 radical (unpaired) electrons. The van der Waals surface area contributed by atoms with E-state index in [1.54, 1.807) is 0 Å². The number of hydrogen-bond acceptors (Lipinski definition) is 3. The Morgan fingerprint density at radius 3 is 2.62 bits per heavy atom. The van der Waals surface area contributed by atoms with Gasteiger partial charge >= 0.3 is 6.03 Å². The van der Waals surface area contributed by atoms with E-state index in [1.807, 2.05) is 46.9 Å². The van der Waals surface area contributed by atoms with Gasteiger partial charge in [0.25, 0.3) is 0 Å². The van der Waals surface area contributed by atoms with Gasteiger partial charge in [-0.1, -0.05) is 12.1 Å². The number of nitriles is 1. The van der Waals surface area contributed by atoms with Crippen LogP contribution in [-0.2, 0) is 6.42 Å². The first-order chi connectivity index (χ1) is 11.7. The zero-order valence-corrected chi connectivity index (χ0v) is 14.6. The molecule has 0 aliphatic carbocycles. The van der Waals surface area contributed by atoms with Crippen LogP contribution >= 0.6 is 11.3 Å². The number of thiazole rings is 1. The molecule has 3 rings (SSSR count). The van der Waals surface area contributed by atoms with Gasteiger partial charge in [0.1, 0.15) is 0 Å². The molecule has 0 N–H and O–H groups in total. The maximum atomic E-state index is 12.4. The second-order valence-electron chi connectivity index (χ2n) is 5.94. The number of piperidine rings is 1. The van der Waals surface area contributed by atoms with Crippen LogP contribution in [0.3, 0.4) is 0 Å². The first-order valence-electron chi connectivity index (χ1n) is 8.16. The maximum absolute atomic E-state index is 12.4. The van der Waals surface area contributed by atoms with Gasteiger partial charge in [-0.2, -0.15) is 10.3 Å². The van der Waals surface area contributed by atoms with Crippen LogP contribution in [0.5, 0.6) is 0 Å².